The highest BCUT2D eigenvalue weighted by Gasteiger charge is 2.18. The van der Waals surface area contributed by atoms with Crippen LogP contribution in [0.25, 0.3) is 10.1 Å². The van der Waals surface area contributed by atoms with Gasteiger partial charge in [-0.3, -0.25) is 0 Å². The number of halogens is 2. The Labute approximate surface area is 116 Å². The van der Waals surface area contributed by atoms with E-state index in [1.54, 1.807) is 0 Å². The molecule has 0 aliphatic heterocycles. The third-order valence-electron chi connectivity index (χ3n) is 3.11. The van der Waals surface area contributed by atoms with Crippen molar-refractivity contribution in [3.63, 3.8) is 0 Å². The van der Waals surface area contributed by atoms with Crippen molar-refractivity contribution in [2.24, 2.45) is 0 Å². The summed E-state index contributed by atoms with van der Waals surface area (Å²) in [6, 6.07) is 2.42. The highest BCUT2D eigenvalue weighted by Crippen LogP contribution is 2.38. The van der Waals surface area contributed by atoms with E-state index in [9.17, 15) is 8.78 Å². The molecular formula is C15H19F2NS. The molecule has 2 aromatic rings. The van der Waals surface area contributed by atoms with Crippen LogP contribution in [0.1, 0.15) is 43.6 Å². The van der Waals surface area contributed by atoms with Crippen molar-refractivity contribution in [1.82, 2.24) is 5.32 Å². The number of thiophene rings is 1. The summed E-state index contributed by atoms with van der Waals surface area (Å²) in [5, 5.41) is 4.06. The SMILES string of the molecule is CCCNCc1sc2c(F)cc(F)cc2c1C(C)C. The third kappa shape index (κ3) is 2.95. The Morgan fingerprint density at radius 3 is 2.63 bits per heavy atom. The van der Waals surface area contributed by atoms with Gasteiger partial charge in [0.2, 0.25) is 0 Å². The molecule has 0 saturated carbocycles. The average molecular weight is 283 g/mol. The molecule has 1 aromatic carbocycles. The first kappa shape index (κ1) is 14.4. The molecule has 104 valence electrons. The molecule has 0 spiro atoms. The first-order valence-electron chi connectivity index (χ1n) is 6.65. The summed E-state index contributed by atoms with van der Waals surface area (Å²) in [5.41, 5.74) is 1.07. The zero-order valence-electron chi connectivity index (χ0n) is 11.5. The smallest absolute Gasteiger partial charge is 0.143 e. The van der Waals surface area contributed by atoms with Gasteiger partial charge in [-0.15, -0.1) is 11.3 Å². The Balaban J connectivity index is 2.51. The molecule has 1 aromatic heterocycles. The molecule has 0 aliphatic rings. The van der Waals surface area contributed by atoms with Crippen LogP contribution in [-0.2, 0) is 6.54 Å². The molecule has 4 heteroatoms. The number of hydrogen-bond donors (Lipinski definition) is 1. The van der Waals surface area contributed by atoms with Gasteiger partial charge in [0.25, 0.3) is 0 Å². The Hall–Kier alpha value is -1.00. The van der Waals surface area contributed by atoms with E-state index < -0.39 is 11.6 Å². The van der Waals surface area contributed by atoms with Gasteiger partial charge < -0.3 is 5.32 Å². The predicted molar refractivity (Wildman–Crippen MR) is 77.8 cm³/mol. The van der Waals surface area contributed by atoms with Gasteiger partial charge >= 0.3 is 0 Å². The molecule has 0 fully saturated rings. The van der Waals surface area contributed by atoms with Crippen LogP contribution in [0.4, 0.5) is 8.78 Å². The molecule has 0 aliphatic carbocycles. The van der Waals surface area contributed by atoms with Crippen LogP contribution in [-0.4, -0.2) is 6.54 Å². The summed E-state index contributed by atoms with van der Waals surface area (Å²) in [7, 11) is 0. The lowest BCUT2D eigenvalue weighted by Gasteiger charge is -2.09. The van der Waals surface area contributed by atoms with Crippen molar-refractivity contribution in [2.45, 2.75) is 39.7 Å². The lowest BCUT2D eigenvalue weighted by Crippen LogP contribution is -2.14. The van der Waals surface area contributed by atoms with E-state index in [-0.39, 0.29) is 5.92 Å². The van der Waals surface area contributed by atoms with Gasteiger partial charge in [-0.2, -0.15) is 0 Å². The second kappa shape index (κ2) is 5.97. The van der Waals surface area contributed by atoms with Crippen LogP contribution in [0.5, 0.6) is 0 Å². The Bertz CT molecular complexity index is 575. The van der Waals surface area contributed by atoms with E-state index in [1.165, 1.54) is 17.4 Å². The molecule has 0 unspecified atom stereocenters. The van der Waals surface area contributed by atoms with Crippen LogP contribution in [0, 0.1) is 11.6 Å². The molecule has 0 bridgehead atoms. The first-order chi connectivity index (χ1) is 9.04. The fourth-order valence-electron chi connectivity index (χ4n) is 2.34. The fraction of sp³-hybridized carbons (Fsp3) is 0.467. The van der Waals surface area contributed by atoms with Crippen molar-refractivity contribution in [3.05, 3.63) is 34.2 Å². The van der Waals surface area contributed by atoms with Crippen molar-refractivity contribution >= 4 is 21.4 Å². The number of hydrogen-bond acceptors (Lipinski definition) is 2. The molecule has 1 heterocycles. The first-order valence-corrected chi connectivity index (χ1v) is 7.47. The van der Waals surface area contributed by atoms with Gasteiger partial charge in [0.05, 0.1) is 4.70 Å². The van der Waals surface area contributed by atoms with Gasteiger partial charge in [-0.05, 0) is 30.5 Å². The quantitative estimate of drug-likeness (QED) is 0.777. The highest BCUT2D eigenvalue weighted by molar-refractivity contribution is 7.19. The third-order valence-corrected chi connectivity index (χ3v) is 4.34. The Morgan fingerprint density at radius 2 is 2.00 bits per heavy atom. The van der Waals surface area contributed by atoms with Gasteiger partial charge in [-0.1, -0.05) is 20.8 Å². The van der Waals surface area contributed by atoms with Gasteiger partial charge in [0, 0.05) is 22.9 Å². The minimum atomic E-state index is -0.502. The molecular weight excluding hydrogens is 264 g/mol. The number of benzene rings is 1. The largest absolute Gasteiger partial charge is 0.312 e. The molecule has 19 heavy (non-hydrogen) atoms. The van der Waals surface area contributed by atoms with Gasteiger partial charge in [0.1, 0.15) is 11.6 Å². The van der Waals surface area contributed by atoms with Gasteiger partial charge in [0.15, 0.2) is 0 Å². The fourth-order valence-corrected chi connectivity index (χ4v) is 3.65. The van der Waals surface area contributed by atoms with E-state index in [4.69, 9.17) is 0 Å². The molecule has 0 radical (unpaired) electrons. The van der Waals surface area contributed by atoms with E-state index in [0.29, 0.717) is 4.70 Å². The van der Waals surface area contributed by atoms with Crippen LogP contribution in [0.2, 0.25) is 0 Å². The summed E-state index contributed by atoms with van der Waals surface area (Å²) in [5.74, 6) is -0.699. The number of fused-ring (bicyclic) bond motifs is 1. The number of nitrogens with one attached hydrogen (secondary N) is 1. The summed E-state index contributed by atoms with van der Waals surface area (Å²) in [4.78, 5) is 1.11. The standard InChI is InChI=1S/C15H19F2NS/c1-4-5-18-8-13-14(9(2)3)11-6-10(16)7-12(17)15(11)19-13/h6-7,9,18H,4-5,8H2,1-3H3. The predicted octanol–water partition coefficient (Wildman–Crippen LogP) is 4.80. The maximum absolute atomic E-state index is 13.8. The molecule has 1 N–H and O–H groups in total. The Kier molecular flexibility index (Phi) is 4.53. The minimum absolute atomic E-state index is 0.258. The average Bonchev–Trinajstić information content (AvgIpc) is 2.68. The van der Waals surface area contributed by atoms with Crippen molar-refractivity contribution in [3.8, 4) is 0 Å². The maximum atomic E-state index is 13.8. The van der Waals surface area contributed by atoms with Crippen LogP contribution >= 0.6 is 11.3 Å². The van der Waals surface area contributed by atoms with Crippen molar-refractivity contribution in [2.75, 3.05) is 6.54 Å². The van der Waals surface area contributed by atoms with E-state index in [2.05, 4.69) is 26.1 Å². The normalized spacial score (nSPS) is 11.7. The summed E-state index contributed by atoms with van der Waals surface area (Å²) in [6.07, 6.45) is 1.06. The van der Waals surface area contributed by atoms with E-state index in [1.807, 2.05) is 0 Å². The van der Waals surface area contributed by atoms with Gasteiger partial charge in [-0.25, -0.2) is 8.78 Å². The summed E-state index contributed by atoms with van der Waals surface area (Å²) < 4.78 is 27.8. The number of rotatable bonds is 5. The molecule has 1 nitrogen and oxygen atoms in total. The maximum Gasteiger partial charge on any atom is 0.143 e. The van der Waals surface area contributed by atoms with Crippen LogP contribution < -0.4 is 5.32 Å². The second-order valence-electron chi connectivity index (χ2n) is 5.03. The minimum Gasteiger partial charge on any atom is -0.312 e. The van der Waals surface area contributed by atoms with E-state index in [0.717, 1.165) is 41.4 Å². The monoisotopic (exact) mass is 283 g/mol. The molecule has 0 saturated heterocycles. The molecule has 0 amide bonds. The zero-order chi connectivity index (χ0) is 14.0. The second-order valence-corrected chi connectivity index (χ2v) is 6.14. The lowest BCUT2D eigenvalue weighted by atomic mass is 9.99. The molecule has 0 atom stereocenters. The lowest BCUT2D eigenvalue weighted by molar-refractivity contribution is 0.593. The van der Waals surface area contributed by atoms with E-state index >= 15 is 0 Å². The van der Waals surface area contributed by atoms with Crippen molar-refractivity contribution in [1.29, 1.82) is 0 Å². The molecule has 2 rings (SSSR count). The topological polar surface area (TPSA) is 12.0 Å². The summed E-state index contributed by atoms with van der Waals surface area (Å²) in [6.45, 7) is 7.89. The highest BCUT2D eigenvalue weighted by atomic mass is 32.1. The van der Waals surface area contributed by atoms with Crippen LogP contribution in [0.15, 0.2) is 12.1 Å². The van der Waals surface area contributed by atoms with Crippen molar-refractivity contribution < 1.29 is 8.78 Å². The summed E-state index contributed by atoms with van der Waals surface area (Å²) >= 11 is 1.43. The van der Waals surface area contributed by atoms with Crippen LogP contribution in [0.3, 0.4) is 0 Å². The Morgan fingerprint density at radius 1 is 1.26 bits per heavy atom. The zero-order valence-corrected chi connectivity index (χ0v) is 12.3.